The molecule has 9 aromatic carbocycles. The molecule has 0 amide bonds. The molecule has 0 N–H and O–H groups in total. The molecule has 0 aliphatic heterocycles. The van der Waals surface area contributed by atoms with Crippen molar-refractivity contribution < 1.29 is 90.8 Å². The van der Waals surface area contributed by atoms with Crippen LogP contribution in [-0.4, -0.2) is 15.0 Å². The number of pyridine rings is 7. The van der Waals surface area contributed by atoms with E-state index in [1.54, 1.807) is 223 Å². The second-order valence-electron chi connectivity index (χ2n) is 37.6. The van der Waals surface area contributed by atoms with Crippen LogP contribution in [0.3, 0.4) is 0 Å². The molecule has 0 saturated heterocycles. The summed E-state index contributed by atoms with van der Waals surface area (Å²) in [5.41, 5.74) is 9.22. The molecule has 24 rings (SSSR count). The summed E-state index contributed by atoms with van der Waals surface area (Å²) in [4.78, 5) is 12.7. The van der Waals surface area contributed by atoms with E-state index >= 15 is 0 Å². The number of furan rings is 4. The van der Waals surface area contributed by atoms with Gasteiger partial charge >= 0.3 is 0 Å². The molecule has 11 heterocycles. The molecule has 0 unspecified atom stereocenters. The number of nitrogens with zero attached hydrogens (tertiary/aromatic N) is 7. The van der Waals surface area contributed by atoms with Gasteiger partial charge in [-0.05, 0) is 203 Å². The molecule has 0 spiro atoms. The summed E-state index contributed by atoms with van der Waals surface area (Å²) in [5, 5.41) is 5.48. The Morgan fingerprint density at radius 3 is 1.04 bits per heavy atom. The van der Waals surface area contributed by atoms with Gasteiger partial charge in [0, 0.05) is 225 Å². The molecule has 136 heavy (non-hydrogen) atoms. The number of fused-ring (bicyclic) bond motifs is 28. The number of aromatic nitrogens is 7. The van der Waals surface area contributed by atoms with E-state index in [9.17, 15) is 0 Å². The number of rotatable bonds is 8. The fraction of sp³-hybridized carbons (Fsp3) is 0.288. The first-order valence-corrected chi connectivity index (χ1v) is 45.0. The molecule has 4 aliphatic rings. The summed E-state index contributed by atoms with van der Waals surface area (Å²) in [5.74, 6) is -4.85. The van der Waals surface area contributed by atoms with Crippen LogP contribution in [0.25, 0.3) is 177 Å². The third kappa shape index (κ3) is 13.3. The molecule has 11 aromatic heterocycles. The van der Waals surface area contributed by atoms with Crippen LogP contribution < -0.4 is 18.3 Å². The Morgan fingerprint density at radius 2 is 0.618 bits per heavy atom. The minimum Gasteiger partial charge on any atom is -0.455 e. The first-order chi connectivity index (χ1) is 80.8. The summed E-state index contributed by atoms with van der Waals surface area (Å²) in [7, 11) is 6.98. The molecule has 0 fully saturated rings. The largest absolute Gasteiger partial charge is 0.455 e. The number of aryl methyl sites for hydroxylation is 12. The van der Waals surface area contributed by atoms with Crippen LogP contribution in [0.2, 0.25) is 0 Å². The first-order valence-electron chi connectivity index (χ1n) is 65.0. The maximum atomic E-state index is 8.74. The standard InChI is InChI=1S/C32H32NO.3C31H31N2O/c1-18(2)23-16-26(33(7)17-20(23)4)28-19(3)12-13-22-30-27(34-31(22)28)15-14-25-29(30)21-10-8-9-11-24(21)32(25,5)6;1-17(2)22-14-26(33(7)16-19(22)4)27-18(3)8-9-20-21-10-11-25-28(30(21)34-29(20)27)23-15-32-13-12-24(23)31(25,5)6;1-17(2)23-14-26(33(7)16-19(23)4)27-18(3)8-9-20-21-10-11-24-28(30(21)34-29(20)27)22-12-13-32-15-25(22)31(24,5)6;1-17(2)23-15-25(33(7)16-19(23)4)26-18(3)10-11-20-21-12-13-24-27(29(21)34-28(20)26)22-9-8-14-32-30(22)31(24,5)6/h8-18H,1-7H3;3*8-17H,1-7H3/q4*+1/i4D3,5D3,6D3,18D;3*4D3,5D3,6D3,17D. The maximum absolute atomic E-state index is 8.74. The van der Waals surface area contributed by atoms with Crippen LogP contribution in [0, 0.1) is 55.1 Å². The van der Waals surface area contributed by atoms with Crippen molar-refractivity contribution in [3.63, 3.8) is 0 Å². The van der Waals surface area contributed by atoms with Gasteiger partial charge in [0.1, 0.15) is 72.9 Å². The van der Waals surface area contributed by atoms with Crippen molar-refractivity contribution in [2.24, 2.45) is 28.2 Å². The highest BCUT2D eigenvalue weighted by Crippen LogP contribution is 2.59. The predicted octanol–water partition coefficient (Wildman–Crippen LogP) is 30.7. The zero-order valence-corrected chi connectivity index (χ0v) is 78.1. The smallest absolute Gasteiger partial charge is 0.216 e. The van der Waals surface area contributed by atoms with E-state index in [1.807, 2.05) is 76.2 Å². The molecule has 4 aliphatic carbocycles. The maximum Gasteiger partial charge on any atom is 0.216 e. The lowest BCUT2D eigenvalue weighted by Gasteiger charge is -2.21. The molecular weight excluding hydrogens is 1660 g/mol. The van der Waals surface area contributed by atoms with E-state index in [0.717, 1.165) is 38.4 Å². The molecular formula is C125H125N7O4+4. The Bertz CT molecular complexity index is 9380. The van der Waals surface area contributed by atoms with E-state index in [1.165, 1.54) is 55.6 Å². The summed E-state index contributed by atoms with van der Waals surface area (Å²) in [6.07, 6.45) is 13.3. The van der Waals surface area contributed by atoms with Gasteiger partial charge in [-0.1, -0.05) is 232 Å². The van der Waals surface area contributed by atoms with Crippen molar-refractivity contribution in [2.45, 2.75) is 211 Å². The first kappa shape index (κ1) is 54.1. The van der Waals surface area contributed by atoms with Gasteiger partial charge in [0.25, 0.3) is 0 Å². The van der Waals surface area contributed by atoms with Gasteiger partial charge in [0.15, 0.2) is 24.8 Å². The average molecular weight is 1830 g/mol. The van der Waals surface area contributed by atoms with Gasteiger partial charge in [-0.3, -0.25) is 15.0 Å². The second-order valence-corrected chi connectivity index (χ2v) is 37.6. The van der Waals surface area contributed by atoms with Crippen molar-refractivity contribution in [1.82, 2.24) is 15.0 Å². The van der Waals surface area contributed by atoms with Crippen LogP contribution in [0.1, 0.15) is 300 Å². The second kappa shape index (κ2) is 31.9. The average Bonchev–Trinajstić information content (AvgIpc) is 1.51. The normalized spacial score (nSPS) is 20.0. The van der Waals surface area contributed by atoms with Gasteiger partial charge in [0.05, 0.1) is 27.9 Å². The topological polar surface area (TPSA) is 107 Å². The van der Waals surface area contributed by atoms with Crippen molar-refractivity contribution in [3.8, 4) is 89.5 Å². The zero-order valence-electron chi connectivity index (χ0n) is 118. The van der Waals surface area contributed by atoms with Crippen molar-refractivity contribution >= 4 is 87.8 Å². The highest BCUT2D eigenvalue weighted by molar-refractivity contribution is 6.20. The third-order valence-electron chi connectivity index (χ3n) is 28.0. The number of hydrogen-bond acceptors (Lipinski definition) is 7. The van der Waals surface area contributed by atoms with E-state index in [4.69, 9.17) is 72.5 Å². The highest BCUT2D eigenvalue weighted by Gasteiger charge is 2.44. The van der Waals surface area contributed by atoms with Gasteiger partial charge in [-0.2, -0.15) is 0 Å². The minimum atomic E-state index is -2.95. The van der Waals surface area contributed by atoms with Gasteiger partial charge < -0.3 is 17.7 Å². The molecule has 20 aromatic rings. The number of hydrogen-bond donors (Lipinski definition) is 0. The third-order valence-corrected chi connectivity index (χ3v) is 28.0. The quantitative estimate of drug-likeness (QED) is 0.140. The van der Waals surface area contributed by atoms with Crippen LogP contribution in [0.5, 0.6) is 0 Å². The van der Waals surface area contributed by atoms with Crippen LogP contribution >= 0.6 is 0 Å². The molecule has 11 heteroatoms. The minimum absolute atomic E-state index is 0.0340. The van der Waals surface area contributed by atoms with Gasteiger partial charge in [0.2, 0.25) is 22.8 Å². The lowest BCUT2D eigenvalue weighted by Crippen LogP contribution is -2.32. The molecule has 0 radical (unpaired) electrons. The Balaban J connectivity index is 0.000000132. The lowest BCUT2D eigenvalue weighted by molar-refractivity contribution is -0.660. The van der Waals surface area contributed by atoms with Crippen molar-refractivity contribution in [2.75, 3.05) is 0 Å². The molecule has 0 atom stereocenters. The van der Waals surface area contributed by atoms with Crippen molar-refractivity contribution in [3.05, 3.63) is 337 Å². The van der Waals surface area contributed by atoms with Crippen LogP contribution in [-0.2, 0) is 49.9 Å². The SMILES string of the molecule is [2H]C([2H])([2H])c1c[n+](C)c(-c2c(C)ccc3c2oc2c4c(ccc23)C(C([2H])([2H])[2H])(C([2H])([2H])[2H])c2ccncc2-4)cc1C([2H])(C)C.[2H]C([2H])([2H])c1c[n+](C)c(-c2c(C)ccc3c2oc2c4c(ccc23)C(C([2H])([2H])[2H])(C([2H])([2H])[2H])c2cnccc2-4)cc1C([2H])(C)C.[2H]C([2H])([2H])c1c[n+](C)c(-c2c(C)ccc3c2oc2c4c(ccc23)C(C([2H])([2H])[2H])(C([2H])([2H])[2H])c2ncccc2-4)cc1C([2H])(C)C.[2H]C([2H])([2H])c1c[n+](C)c(-c2c(C)ccc3c2oc2ccc4c(c23)-c2ccccc2C4(C([2H])([2H])[2H])C([2H])([2H])[2H])cc1C([2H])(C)C. The zero-order chi connectivity index (χ0) is 129. The molecule has 680 valence electrons. The van der Waals surface area contributed by atoms with Crippen LogP contribution in [0.15, 0.2) is 243 Å². The fourth-order valence-electron chi connectivity index (χ4n) is 21.2. The summed E-state index contributed by atoms with van der Waals surface area (Å²) >= 11 is 0. The summed E-state index contributed by atoms with van der Waals surface area (Å²) in [6, 6.07) is 48.4. The monoisotopic (exact) mass is 1830 g/mol. The van der Waals surface area contributed by atoms with Gasteiger partial charge in [-0.25, -0.2) is 18.3 Å². The Labute approximate surface area is 855 Å². The number of benzene rings is 9. The van der Waals surface area contributed by atoms with Crippen molar-refractivity contribution in [1.29, 1.82) is 0 Å². The molecule has 0 saturated carbocycles. The van der Waals surface area contributed by atoms with Crippen LogP contribution in [0.4, 0.5) is 0 Å². The van der Waals surface area contributed by atoms with E-state index in [2.05, 4.69) is 15.0 Å². The lowest BCUT2D eigenvalue weighted by atomic mass is 9.82. The Morgan fingerprint density at radius 1 is 0.287 bits per heavy atom. The van der Waals surface area contributed by atoms with E-state index in [0.29, 0.717) is 183 Å². The molecule has 0 bridgehead atoms. The fourth-order valence-corrected chi connectivity index (χ4v) is 21.2. The highest BCUT2D eigenvalue weighted by atomic mass is 16.3. The molecule has 11 nitrogen and oxygen atoms in total. The Hall–Kier alpha value is -13.8. The Kier molecular flexibility index (Phi) is 12.7. The summed E-state index contributed by atoms with van der Waals surface area (Å²) < 4.78 is 370. The van der Waals surface area contributed by atoms with Gasteiger partial charge in [-0.15, -0.1) is 0 Å². The van der Waals surface area contributed by atoms with E-state index in [-0.39, 0.29) is 66.9 Å². The summed E-state index contributed by atoms with van der Waals surface area (Å²) in [6.45, 7) is -12.3. The van der Waals surface area contributed by atoms with E-state index < -0.39 is 127 Å². The predicted molar refractivity (Wildman–Crippen MR) is 559 cm³/mol.